The van der Waals surface area contributed by atoms with E-state index in [2.05, 4.69) is 5.32 Å². The molecule has 0 bridgehead atoms. The summed E-state index contributed by atoms with van der Waals surface area (Å²) in [4.78, 5) is 39.1. The molecule has 1 aromatic carbocycles. The molecule has 0 saturated carbocycles. The predicted octanol–water partition coefficient (Wildman–Crippen LogP) is 0.506. The quantitative estimate of drug-likeness (QED) is 0.504. The lowest BCUT2D eigenvalue weighted by molar-refractivity contribution is -0.129. The summed E-state index contributed by atoms with van der Waals surface area (Å²) in [6.07, 6.45) is 1.57. The summed E-state index contributed by atoms with van der Waals surface area (Å²) in [7, 11) is 1.50. The Labute approximate surface area is 150 Å². The average Bonchev–Trinajstić information content (AvgIpc) is 3.13. The number of likely N-dealkylation sites (N-methyl/N-ethyl adjacent to an activating group) is 1. The lowest BCUT2D eigenvalue weighted by Crippen LogP contribution is -2.52. The van der Waals surface area contributed by atoms with Crippen LogP contribution in [0.2, 0.25) is 0 Å². The molecule has 1 atom stereocenters. The Kier molecular flexibility index (Phi) is 6.90. The van der Waals surface area contributed by atoms with E-state index in [0.717, 1.165) is 0 Å². The number of carbonyl (C=O) groups excluding carboxylic acids is 3. The van der Waals surface area contributed by atoms with Crippen LogP contribution in [0.25, 0.3) is 0 Å². The second-order valence-electron chi connectivity index (χ2n) is 6.08. The topological polar surface area (TPSA) is 102 Å². The summed E-state index contributed by atoms with van der Waals surface area (Å²) in [6.45, 7) is 0.197. The molecule has 1 aromatic rings. The number of hydroxylamine groups is 1. The van der Waals surface area contributed by atoms with Crippen molar-refractivity contribution in [2.75, 3.05) is 26.7 Å². The normalized spacial score (nSPS) is 16.3. The highest BCUT2D eigenvalue weighted by Gasteiger charge is 2.36. The van der Waals surface area contributed by atoms with Crippen LogP contribution in [0.5, 0.6) is 0 Å². The van der Waals surface area contributed by atoms with Gasteiger partial charge in [-0.25, -0.2) is 14.7 Å². The molecule has 26 heavy (non-hydrogen) atoms. The molecular weight excluding hydrogens is 343 g/mol. The third kappa shape index (κ3) is 4.92. The first-order valence-electron chi connectivity index (χ1n) is 8.40. The second kappa shape index (κ2) is 9.14. The molecule has 142 valence electrons. The fourth-order valence-electron chi connectivity index (χ4n) is 3.02. The van der Waals surface area contributed by atoms with Gasteiger partial charge in [-0.1, -0.05) is 12.1 Å². The first-order chi connectivity index (χ1) is 12.5. The van der Waals surface area contributed by atoms with Crippen molar-refractivity contribution in [3.8, 4) is 0 Å². The molecule has 0 radical (unpaired) electrons. The van der Waals surface area contributed by atoms with Crippen molar-refractivity contribution < 1.29 is 24.0 Å². The monoisotopic (exact) mass is 366 g/mol. The van der Waals surface area contributed by atoms with Crippen LogP contribution in [0, 0.1) is 5.82 Å². The van der Waals surface area contributed by atoms with Crippen molar-refractivity contribution in [3.05, 3.63) is 35.6 Å². The molecule has 1 fully saturated rings. The Bertz CT molecular complexity index is 670. The van der Waals surface area contributed by atoms with E-state index in [1.54, 1.807) is 12.1 Å². The molecule has 0 aliphatic carbocycles. The lowest BCUT2D eigenvalue weighted by atomic mass is 10.1. The van der Waals surface area contributed by atoms with Crippen LogP contribution in [-0.4, -0.2) is 65.6 Å². The predicted molar refractivity (Wildman–Crippen MR) is 90.8 cm³/mol. The minimum atomic E-state index is -0.742. The number of nitrogens with one attached hydrogen (secondary N) is 2. The first-order valence-corrected chi connectivity index (χ1v) is 8.40. The van der Waals surface area contributed by atoms with Gasteiger partial charge in [0.25, 0.3) is 5.91 Å². The average molecular weight is 366 g/mol. The van der Waals surface area contributed by atoms with Gasteiger partial charge in [-0.05, 0) is 37.0 Å². The van der Waals surface area contributed by atoms with Crippen molar-refractivity contribution >= 4 is 17.8 Å². The van der Waals surface area contributed by atoms with Gasteiger partial charge in [0.05, 0.1) is 0 Å². The van der Waals surface area contributed by atoms with E-state index < -0.39 is 18.0 Å². The Morgan fingerprint density at radius 2 is 2.15 bits per heavy atom. The second-order valence-corrected chi connectivity index (χ2v) is 6.08. The summed E-state index contributed by atoms with van der Waals surface area (Å²) >= 11 is 0. The minimum Gasteiger partial charge on any atom is -0.357 e. The standard InChI is InChI=1S/C17H23FN4O4/c1-19-16(24)14-6-3-8-22(14)17(25)21(11-15(23)20-26)9-7-12-4-2-5-13(18)10-12/h2,4-5,10,14,26H,3,6-9,11H2,1H3,(H,19,24)(H,20,23). The number of urea groups is 1. The van der Waals surface area contributed by atoms with Crippen molar-refractivity contribution in [3.63, 3.8) is 0 Å². The van der Waals surface area contributed by atoms with Crippen LogP contribution in [0.4, 0.5) is 9.18 Å². The van der Waals surface area contributed by atoms with Crippen molar-refractivity contribution in [2.24, 2.45) is 0 Å². The maximum Gasteiger partial charge on any atom is 0.321 e. The van der Waals surface area contributed by atoms with Crippen molar-refractivity contribution in [2.45, 2.75) is 25.3 Å². The van der Waals surface area contributed by atoms with Gasteiger partial charge >= 0.3 is 6.03 Å². The molecule has 1 aliphatic rings. The number of hydrogen-bond donors (Lipinski definition) is 3. The molecule has 9 heteroatoms. The van der Waals surface area contributed by atoms with E-state index >= 15 is 0 Å². The fraction of sp³-hybridized carbons (Fsp3) is 0.471. The number of nitrogens with zero attached hydrogens (tertiary/aromatic N) is 2. The highest BCUT2D eigenvalue weighted by atomic mass is 19.1. The summed E-state index contributed by atoms with van der Waals surface area (Å²) in [5.41, 5.74) is 2.18. The number of amides is 4. The molecule has 8 nitrogen and oxygen atoms in total. The van der Waals surface area contributed by atoms with Gasteiger partial charge in [0, 0.05) is 20.1 Å². The number of likely N-dealkylation sites (tertiary alicyclic amines) is 1. The molecule has 1 unspecified atom stereocenters. The Hall–Kier alpha value is -2.68. The highest BCUT2D eigenvalue weighted by molar-refractivity contribution is 5.89. The van der Waals surface area contributed by atoms with E-state index in [1.807, 2.05) is 0 Å². The van der Waals surface area contributed by atoms with Crippen molar-refractivity contribution in [1.29, 1.82) is 0 Å². The Morgan fingerprint density at radius 1 is 1.38 bits per heavy atom. The molecule has 1 saturated heterocycles. The smallest absolute Gasteiger partial charge is 0.321 e. The number of carbonyl (C=O) groups is 3. The van der Waals surface area contributed by atoms with Gasteiger partial charge in [-0.2, -0.15) is 0 Å². The zero-order chi connectivity index (χ0) is 19.1. The largest absolute Gasteiger partial charge is 0.357 e. The molecule has 2 rings (SSSR count). The molecule has 0 aromatic heterocycles. The van der Waals surface area contributed by atoms with Gasteiger partial charge in [-0.15, -0.1) is 0 Å². The molecule has 3 N–H and O–H groups in total. The lowest BCUT2D eigenvalue weighted by Gasteiger charge is -2.30. The molecule has 1 aliphatic heterocycles. The SMILES string of the molecule is CNC(=O)C1CCCN1C(=O)N(CCc1cccc(F)c1)CC(=O)NO. The third-order valence-corrected chi connectivity index (χ3v) is 4.34. The highest BCUT2D eigenvalue weighted by Crippen LogP contribution is 2.19. The number of hydrogen-bond acceptors (Lipinski definition) is 4. The van der Waals surface area contributed by atoms with Gasteiger partial charge in [-0.3, -0.25) is 14.8 Å². The number of halogens is 1. The molecular formula is C17H23FN4O4. The maximum atomic E-state index is 13.3. The summed E-state index contributed by atoms with van der Waals surface area (Å²) < 4.78 is 13.3. The van der Waals surface area contributed by atoms with E-state index in [9.17, 15) is 18.8 Å². The number of benzene rings is 1. The van der Waals surface area contributed by atoms with Crippen LogP contribution < -0.4 is 10.8 Å². The van der Waals surface area contributed by atoms with Crippen LogP contribution in [0.3, 0.4) is 0 Å². The van der Waals surface area contributed by atoms with Crippen molar-refractivity contribution in [1.82, 2.24) is 20.6 Å². The fourth-order valence-corrected chi connectivity index (χ4v) is 3.02. The van der Waals surface area contributed by atoms with Gasteiger partial charge in [0.15, 0.2) is 0 Å². The molecule has 4 amide bonds. The van der Waals surface area contributed by atoms with Crippen LogP contribution in [0.1, 0.15) is 18.4 Å². The zero-order valence-electron chi connectivity index (χ0n) is 14.6. The third-order valence-electron chi connectivity index (χ3n) is 4.34. The summed E-state index contributed by atoms with van der Waals surface area (Å²) in [5, 5.41) is 11.3. The van der Waals surface area contributed by atoms with Gasteiger partial charge in [0.2, 0.25) is 5.91 Å². The van der Waals surface area contributed by atoms with E-state index in [-0.39, 0.29) is 24.8 Å². The summed E-state index contributed by atoms with van der Waals surface area (Å²) in [5.74, 6) is -1.38. The maximum absolute atomic E-state index is 13.3. The van der Waals surface area contributed by atoms with Crippen LogP contribution in [0.15, 0.2) is 24.3 Å². The van der Waals surface area contributed by atoms with Gasteiger partial charge < -0.3 is 15.1 Å². The molecule has 1 heterocycles. The Balaban J connectivity index is 2.11. The van der Waals surface area contributed by atoms with Crippen LogP contribution in [-0.2, 0) is 16.0 Å². The Morgan fingerprint density at radius 3 is 2.81 bits per heavy atom. The minimum absolute atomic E-state index is 0.146. The molecule has 0 spiro atoms. The van der Waals surface area contributed by atoms with E-state index in [1.165, 1.54) is 34.5 Å². The van der Waals surface area contributed by atoms with Gasteiger partial charge in [0.1, 0.15) is 18.4 Å². The number of rotatable bonds is 6. The summed E-state index contributed by atoms with van der Waals surface area (Å²) in [6, 6.07) is 4.93. The first kappa shape index (κ1) is 19.6. The van der Waals surface area contributed by atoms with E-state index in [0.29, 0.717) is 31.4 Å². The zero-order valence-corrected chi connectivity index (χ0v) is 14.6. The van der Waals surface area contributed by atoms with Crippen LogP contribution >= 0.6 is 0 Å². The van der Waals surface area contributed by atoms with E-state index in [4.69, 9.17) is 5.21 Å².